The zero-order valence-electron chi connectivity index (χ0n) is 11.9. The van der Waals surface area contributed by atoms with Crippen LogP contribution in [-0.4, -0.2) is 22.9 Å². The van der Waals surface area contributed by atoms with Crippen molar-refractivity contribution in [3.63, 3.8) is 0 Å². The SMILES string of the molecule is NC1=CC(=O)c2ccc(-c3cccc(OC(F)(F)F)c3)nc2C1=O. The molecule has 3 rings (SSSR count). The number of ketones is 2. The molecule has 122 valence electrons. The largest absolute Gasteiger partial charge is 0.573 e. The average molecular weight is 334 g/mol. The van der Waals surface area contributed by atoms with Crippen molar-refractivity contribution in [2.24, 2.45) is 5.73 Å². The van der Waals surface area contributed by atoms with Crippen molar-refractivity contribution in [1.82, 2.24) is 4.98 Å². The Morgan fingerprint density at radius 2 is 1.83 bits per heavy atom. The van der Waals surface area contributed by atoms with Crippen LogP contribution in [0.3, 0.4) is 0 Å². The van der Waals surface area contributed by atoms with Gasteiger partial charge in [-0.15, -0.1) is 13.2 Å². The molecule has 1 aromatic heterocycles. The van der Waals surface area contributed by atoms with Crippen LogP contribution in [0.25, 0.3) is 11.3 Å². The van der Waals surface area contributed by atoms with E-state index in [2.05, 4.69) is 9.72 Å². The van der Waals surface area contributed by atoms with E-state index >= 15 is 0 Å². The van der Waals surface area contributed by atoms with Crippen LogP contribution in [0.1, 0.15) is 20.8 Å². The van der Waals surface area contributed by atoms with E-state index in [0.29, 0.717) is 5.56 Å². The van der Waals surface area contributed by atoms with Gasteiger partial charge in [-0.3, -0.25) is 9.59 Å². The molecule has 0 saturated heterocycles. The Bertz CT molecular complexity index is 888. The standard InChI is InChI=1S/C16H9F3N2O3/c17-16(18,19)24-9-3-1-2-8(6-9)12-5-4-10-13(22)7-11(20)15(23)14(10)21-12/h1-7H,20H2. The van der Waals surface area contributed by atoms with E-state index in [1.807, 2.05) is 0 Å². The molecular weight excluding hydrogens is 325 g/mol. The fourth-order valence-electron chi connectivity index (χ4n) is 2.27. The molecule has 0 aliphatic heterocycles. The van der Waals surface area contributed by atoms with Crippen LogP contribution in [0.5, 0.6) is 5.75 Å². The molecule has 5 nitrogen and oxygen atoms in total. The number of nitrogens with two attached hydrogens (primary N) is 1. The Balaban J connectivity index is 2.02. The number of hydrogen-bond acceptors (Lipinski definition) is 5. The number of allylic oxidation sites excluding steroid dienone is 2. The summed E-state index contributed by atoms with van der Waals surface area (Å²) in [6.07, 6.45) is -3.80. The highest BCUT2D eigenvalue weighted by atomic mass is 19.4. The maximum Gasteiger partial charge on any atom is 0.573 e. The molecule has 0 saturated carbocycles. The van der Waals surface area contributed by atoms with Gasteiger partial charge >= 0.3 is 6.36 Å². The maximum atomic E-state index is 12.3. The number of nitrogens with zero attached hydrogens (tertiary/aromatic N) is 1. The van der Waals surface area contributed by atoms with Gasteiger partial charge in [-0.05, 0) is 24.3 Å². The van der Waals surface area contributed by atoms with E-state index < -0.39 is 23.7 Å². The second-order valence-electron chi connectivity index (χ2n) is 4.96. The van der Waals surface area contributed by atoms with Crippen molar-refractivity contribution in [3.8, 4) is 17.0 Å². The number of carbonyl (C=O) groups is 2. The van der Waals surface area contributed by atoms with Crippen molar-refractivity contribution >= 4 is 11.6 Å². The highest BCUT2D eigenvalue weighted by Crippen LogP contribution is 2.28. The topological polar surface area (TPSA) is 82.3 Å². The van der Waals surface area contributed by atoms with Crippen molar-refractivity contribution in [2.75, 3.05) is 0 Å². The van der Waals surface area contributed by atoms with Gasteiger partial charge in [-0.1, -0.05) is 12.1 Å². The molecule has 0 fully saturated rings. The normalized spacial score (nSPS) is 14.2. The highest BCUT2D eigenvalue weighted by molar-refractivity contribution is 6.23. The summed E-state index contributed by atoms with van der Waals surface area (Å²) in [5.74, 6) is -1.47. The Hall–Kier alpha value is -3.16. The van der Waals surface area contributed by atoms with Crippen LogP contribution < -0.4 is 10.5 Å². The maximum absolute atomic E-state index is 12.3. The van der Waals surface area contributed by atoms with Gasteiger partial charge in [0, 0.05) is 11.6 Å². The summed E-state index contributed by atoms with van der Waals surface area (Å²) < 4.78 is 40.7. The number of fused-ring (bicyclic) bond motifs is 1. The highest BCUT2D eigenvalue weighted by Gasteiger charge is 2.31. The van der Waals surface area contributed by atoms with Crippen molar-refractivity contribution < 1.29 is 27.5 Å². The molecule has 2 aromatic rings. The zero-order valence-corrected chi connectivity index (χ0v) is 11.9. The Labute approximate surface area is 133 Å². The molecule has 0 spiro atoms. The van der Waals surface area contributed by atoms with Crippen LogP contribution in [0.4, 0.5) is 13.2 Å². The van der Waals surface area contributed by atoms with Gasteiger partial charge in [0.1, 0.15) is 11.4 Å². The molecule has 0 amide bonds. The Kier molecular flexibility index (Phi) is 3.59. The smallest absolute Gasteiger partial charge is 0.406 e. The predicted molar refractivity (Wildman–Crippen MR) is 77.3 cm³/mol. The van der Waals surface area contributed by atoms with Gasteiger partial charge in [0.25, 0.3) is 0 Å². The summed E-state index contributed by atoms with van der Waals surface area (Å²) in [5.41, 5.74) is 5.73. The fourth-order valence-corrected chi connectivity index (χ4v) is 2.27. The number of benzene rings is 1. The lowest BCUT2D eigenvalue weighted by Gasteiger charge is -2.13. The third kappa shape index (κ3) is 2.98. The van der Waals surface area contributed by atoms with Gasteiger partial charge in [0.2, 0.25) is 5.78 Å². The second-order valence-corrected chi connectivity index (χ2v) is 4.96. The minimum atomic E-state index is -4.82. The molecular formula is C16H9F3N2O3. The molecule has 0 bridgehead atoms. The van der Waals surface area contributed by atoms with E-state index in [0.717, 1.165) is 18.2 Å². The summed E-state index contributed by atoms with van der Waals surface area (Å²) in [4.78, 5) is 27.9. The van der Waals surface area contributed by atoms with Gasteiger partial charge in [-0.2, -0.15) is 0 Å². The number of rotatable bonds is 2. The van der Waals surface area contributed by atoms with Crippen molar-refractivity contribution in [3.05, 3.63) is 59.4 Å². The summed E-state index contributed by atoms with van der Waals surface area (Å²) >= 11 is 0. The zero-order chi connectivity index (χ0) is 17.5. The van der Waals surface area contributed by atoms with E-state index in [-0.39, 0.29) is 22.6 Å². The first-order valence-corrected chi connectivity index (χ1v) is 6.68. The molecule has 0 unspecified atom stereocenters. The minimum Gasteiger partial charge on any atom is -0.406 e. The summed E-state index contributed by atoms with van der Waals surface area (Å²) in [5, 5.41) is 0. The molecule has 2 N–H and O–H groups in total. The molecule has 1 heterocycles. The molecule has 1 aliphatic rings. The predicted octanol–water partition coefficient (Wildman–Crippen LogP) is 2.87. The molecule has 0 atom stereocenters. The van der Waals surface area contributed by atoms with Crippen molar-refractivity contribution in [2.45, 2.75) is 6.36 Å². The van der Waals surface area contributed by atoms with Crippen LogP contribution in [-0.2, 0) is 0 Å². The third-order valence-electron chi connectivity index (χ3n) is 3.29. The molecule has 8 heteroatoms. The van der Waals surface area contributed by atoms with E-state index in [4.69, 9.17) is 5.73 Å². The Morgan fingerprint density at radius 3 is 2.54 bits per heavy atom. The van der Waals surface area contributed by atoms with Crippen LogP contribution in [0.2, 0.25) is 0 Å². The monoisotopic (exact) mass is 334 g/mol. The lowest BCUT2D eigenvalue weighted by molar-refractivity contribution is -0.274. The fraction of sp³-hybridized carbons (Fsp3) is 0.0625. The van der Waals surface area contributed by atoms with Crippen LogP contribution in [0, 0.1) is 0 Å². The molecule has 24 heavy (non-hydrogen) atoms. The number of carbonyl (C=O) groups excluding carboxylic acids is 2. The third-order valence-corrected chi connectivity index (χ3v) is 3.29. The quantitative estimate of drug-likeness (QED) is 0.913. The number of Topliss-reactive ketones (excluding diaryl/α,β-unsaturated/α-hetero) is 1. The number of alkyl halides is 3. The van der Waals surface area contributed by atoms with Crippen molar-refractivity contribution in [1.29, 1.82) is 0 Å². The number of ether oxygens (including phenoxy) is 1. The minimum absolute atomic E-state index is 0.0978. The molecule has 1 aliphatic carbocycles. The summed E-state index contributed by atoms with van der Waals surface area (Å²) in [7, 11) is 0. The number of aromatic nitrogens is 1. The van der Waals surface area contributed by atoms with Gasteiger partial charge in [0.15, 0.2) is 5.78 Å². The van der Waals surface area contributed by atoms with Crippen LogP contribution >= 0.6 is 0 Å². The lowest BCUT2D eigenvalue weighted by Crippen LogP contribution is -2.23. The van der Waals surface area contributed by atoms with E-state index in [1.165, 1.54) is 24.3 Å². The average Bonchev–Trinajstić information content (AvgIpc) is 2.51. The first kappa shape index (κ1) is 15.7. The lowest BCUT2D eigenvalue weighted by atomic mass is 9.96. The first-order valence-electron chi connectivity index (χ1n) is 6.68. The van der Waals surface area contributed by atoms with Gasteiger partial charge < -0.3 is 10.5 Å². The number of halogens is 3. The summed E-state index contributed by atoms with van der Waals surface area (Å²) in [6, 6.07) is 7.97. The summed E-state index contributed by atoms with van der Waals surface area (Å²) in [6.45, 7) is 0. The Morgan fingerprint density at radius 1 is 1.08 bits per heavy atom. The van der Waals surface area contributed by atoms with Crippen LogP contribution in [0.15, 0.2) is 48.2 Å². The molecule has 1 aromatic carbocycles. The molecule has 0 radical (unpaired) electrons. The second kappa shape index (κ2) is 5.48. The van der Waals surface area contributed by atoms with Gasteiger partial charge in [-0.25, -0.2) is 4.98 Å². The van der Waals surface area contributed by atoms with E-state index in [9.17, 15) is 22.8 Å². The van der Waals surface area contributed by atoms with Gasteiger partial charge in [0.05, 0.1) is 17.0 Å². The number of pyridine rings is 1. The van der Waals surface area contributed by atoms with E-state index in [1.54, 1.807) is 0 Å². The number of hydrogen-bond donors (Lipinski definition) is 1. The first-order chi connectivity index (χ1) is 11.2.